The van der Waals surface area contributed by atoms with Gasteiger partial charge in [0.2, 0.25) is 5.75 Å². The Morgan fingerprint density at radius 2 is 1.60 bits per heavy atom. The van der Waals surface area contributed by atoms with Gasteiger partial charge in [0.15, 0.2) is 11.5 Å². The molecule has 0 unspecified atom stereocenters. The zero-order valence-corrected chi connectivity index (χ0v) is 12.0. The lowest BCUT2D eigenvalue weighted by molar-refractivity contribution is -0.134. The van der Waals surface area contributed by atoms with E-state index in [1.165, 1.54) is 0 Å². The minimum absolute atomic E-state index is 0.00331. The molecule has 0 atom stereocenters. The molecule has 0 aliphatic heterocycles. The molecule has 1 aromatic carbocycles. The second kappa shape index (κ2) is 9.69. The summed E-state index contributed by atoms with van der Waals surface area (Å²) in [6.45, 7) is 1.08. The Bertz CT molecular complexity index is 424. The van der Waals surface area contributed by atoms with Gasteiger partial charge in [-0.2, -0.15) is 0 Å². The van der Waals surface area contributed by atoms with Crippen molar-refractivity contribution in [1.29, 1.82) is 0 Å². The summed E-state index contributed by atoms with van der Waals surface area (Å²) in [5, 5.41) is 16.1. The van der Waals surface area contributed by atoms with Crippen molar-refractivity contribution in [1.82, 2.24) is 0 Å². The topological polar surface area (TPSA) is 85.2 Å². The maximum atomic E-state index is 9.00. The van der Waals surface area contributed by atoms with Gasteiger partial charge in [-0.05, 0) is 17.7 Å². The average Bonchev–Trinajstić information content (AvgIpc) is 2.43. The molecule has 0 heterocycles. The molecule has 0 saturated heterocycles. The zero-order chi connectivity index (χ0) is 15.5. The predicted octanol–water partition coefficient (Wildman–Crippen LogP) is 1.81. The number of carboxylic acid groups (broad SMARTS) is 1. The van der Waals surface area contributed by atoms with E-state index in [1.54, 1.807) is 33.5 Å². The highest BCUT2D eigenvalue weighted by Gasteiger charge is 2.11. The molecule has 0 aromatic heterocycles. The van der Waals surface area contributed by atoms with Gasteiger partial charge in [0.1, 0.15) is 0 Å². The fraction of sp³-hybridized carbons (Fsp3) is 0.357. The van der Waals surface area contributed by atoms with Crippen LogP contribution in [-0.2, 0) is 4.79 Å². The van der Waals surface area contributed by atoms with Gasteiger partial charge in [-0.25, -0.2) is 0 Å². The summed E-state index contributed by atoms with van der Waals surface area (Å²) in [4.78, 5) is 9.00. The highest BCUT2D eigenvalue weighted by atomic mass is 16.5. The van der Waals surface area contributed by atoms with Crippen LogP contribution in [0.15, 0.2) is 18.2 Å². The van der Waals surface area contributed by atoms with Gasteiger partial charge >= 0.3 is 0 Å². The number of ether oxygens (including phenoxy) is 3. The van der Waals surface area contributed by atoms with Gasteiger partial charge in [0.05, 0.1) is 27.9 Å². The van der Waals surface area contributed by atoms with Gasteiger partial charge in [-0.1, -0.05) is 12.2 Å². The average molecular weight is 284 g/mol. The Hall–Kier alpha value is -2.21. The van der Waals surface area contributed by atoms with Gasteiger partial charge in [-0.3, -0.25) is 4.79 Å². The molecule has 112 valence electrons. The molecule has 6 nitrogen and oxygen atoms in total. The number of aliphatic carboxylic acids is 1. The minimum atomic E-state index is -0.833. The molecular formula is C14H20O6. The van der Waals surface area contributed by atoms with Crippen LogP contribution in [0.4, 0.5) is 0 Å². The molecule has 0 aliphatic rings. The van der Waals surface area contributed by atoms with Crippen LogP contribution in [0.5, 0.6) is 17.2 Å². The van der Waals surface area contributed by atoms with Crippen molar-refractivity contribution in [2.75, 3.05) is 27.9 Å². The maximum Gasteiger partial charge on any atom is 0.300 e. The van der Waals surface area contributed by atoms with E-state index < -0.39 is 5.97 Å². The van der Waals surface area contributed by atoms with E-state index in [-0.39, 0.29) is 6.61 Å². The second-order valence-corrected chi connectivity index (χ2v) is 3.56. The Morgan fingerprint density at radius 1 is 1.15 bits per heavy atom. The number of methoxy groups -OCH3 is 3. The third kappa shape index (κ3) is 6.10. The van der Waals surface area contributed by atoms with Gasteiger partial charge in [0.25, 0.3) is 5.97 Å². The Kier molecular flexibility index (Phi) is 8.61. The largest absolute Gasteiger partial charge is 0.493 e. The summed E-state index contributed by atoms with van der Waals surface area (Å²) >= 11 is 0. The molecule has 0 saturated carbocycles. The molecule has 1 rings (SSSR count). The summed E-state index contributed by atoms with van der Waals surface area (Å²) < 4.78 is 15.6. The number of aliphatic hydroxyl groups excluding tert-OH is 1. The lowest BCUT2D eigenvalue weighted by atomic mass is 10.1. The first-order valence-corrected chi connectivity index (χ1v) is 5.77. The number of aliphatic hydroxyl groups is 1. The number of carbonyl (C=O) groups is 1. The quantitative estimate of drug-likeness (QED) is 0.857. The first kappa shape index (κ1) is 17.8. The van der Waals surface area contributed by atoms with Crippen molar-refractivity contribution >= 4 is 12.0 Å². The molecule has 1 aromatic rings. The van der Waals surface area contributed by atoms with E-state index in [0.29, 0.717) is 17.2 Å². The van der Waals surface area contributed by atoms with Crippen LogP contribution in [-0.4, -0.2) is 44.1 Å². The van der Waals surface area contributed by atoms with Crippen LogP contribution >= 0.6 is 0 Å². The molecule has 0 bridgehead atoms. The van der Waals surface area contributed by atoms with Crippen molar-refractivity contribution in [2.45, 2.75) is 6.92 Å². The molecule has 0 radical (unpaired) electrons. The van der Waals surface area contributed by atoms with Crippen molar-refractivity contribution in [2.24, 2.45) is 0 Å². The standard InChI is InChI=1S/C12H16O4.C2H4O2/c1-14-10-7-9(5-4-6-13)8-11(15-2)12(10)16-3;1-2(3)4/h4-5,7-8,13H,6H2,1-3H3;1H3,(H,3,4). The summed E-state index contributed by atoms with van der Waals surface area (Å²) in [6.07, 6.45) is 3.42. The van der Waals surface area contributed by atoms with E-state index in [9.17, 15) is 0 Å². The zero-order valence-electron chi connectivity index (χ0n) is 12.0. The lowest BCUT2D eigenvalue weighted by Gasteiger charge is -2.12. The fourth-order valence-electron chi connectivity index (χ4n) is 1.39. The maximum absolute atomic E-state index is 9.00. The molecule has 0 aliphatic carbocycles. The SMILES string of the molecule is CC(=O)O.COc1cc(C=CCO)cc(OC)c1OC. The highest BCUT2D eigenvalue weighted by molar-refractivity contribution is 5.63. The summed E-state index contributed by atoms with van der Waals surface area (Å²) in [7, 11) is 4.69. The Labute approximate surface area is 118 Å². The van der Waals surface area contributed by atoms with E-state index in [2.05, 4.69) is 0 Å². The molecule has 20 heavy (non-hydrogen) atoms. The van der Waals surface area contributed by atoms with E-state index in [4.69, 9.17) is 29.2 Å². The molecular weight excluding hydrogens is 264 g/mol. The Morgan fingerprint density at radius 3 is 1.90 bits per heavy atom. The molecule has 0 amide bonds. The number of carboxylic acids is 1. The first-order valence-electron chi connectivity index (χ1n) is 5.77. The van der Waals surface area contributed by atoms with Crippen LogP contribution in [0, 0.1) is 0 Å². The normalized spacial score (nSPS) is 9.65. The lowest BCUT2D eigenvalue weighted by Crippen LogP contribution is -1.95. The van der Waals surface area contributed by atoms with Gasteiger partial charge in [0, 0.05) is 6.92 Å². The minimum Gasteiger partial charge on any atom is -0.493 e. The predicted molar refractivity (Wildman–Crippen MR) is 75.5 cm³/mol. The van der Waals surface area contributed by atoms with Crippen molar-refractivity contribution < 1.29 is 29.2 Å². The first-order chi connectivity index (χ1) is 9.49. The Balaban J connectivity index is 0.000000796. The number of hydrogen-bond acceptors (Lipinski definition) is 5. The third-order valence-corrected chi connectivity index (χ3v) is 2.10. The van der Waals surface area contributed by atoms with E-state index in [1.807, 2.05) is 12.1 Å². The highest BCUT2D eigenvalue weighted by Crippen LogP contribution is 2.38. The molecule has 0 spiro atoms. The molecule has 2 N–H and O–H groups in total. The summed E-state index contributed by atoms with van der Waals surface area (Å²) in [6, 6.07) is 3.63. The van der Waals surface area contributed by atoms with Crippen molar-refractivity contribution in [3.63, 3.8) is 0 Å². The molecule has 6 heteroatoms. The number of benzene rings is 1. The summed E-state index contributed by atoms with van der Waals surface area (Å²) in [5.41, 5.74) is 0.878. The van der Waals surface area contributed by atoms with Crippen LogP contribution in [0.25, 0.3) is 6.08 Å². The molecule has 0 fully saturated rings. The van der Waals surface area contributed by atoms with Crippen LogP contribution < -0.4 is 14.2 Å². The number of rotatable bonds is 5. The number of hydrogen-bond donors (Lipinski definition) is 2. The summed E-state index contributed by atoms with van der Waals surface area (Å²) in [5.74, 6) is 0.921. The fourth-order valence-corrected chi connectivity index (χ4v) is 1.39. The van der Waals surface area contributed by atoms with Crippen LogP contribution in [0.1, 0.15) is 12.5 Å². The van der Waals surface area contributed by atoms with E-state index >= 15 is 0 Å². The van der Waals surface area contributed by atoms with Crippen molar-refractivity contribution in [3.8, 4) is 17.2 Å². The van der Waals surface area contributed by atoms with Gasteiger partial charge < -0.3 is 24.4 Å². The van der Waals surface area contributed by atoms with Crippen LogP contribution in [0.2, 0.25) is 0 Å². The van der Waals surface area contributed by atoms with Crippen molar-refractivity contribution in [3.05, 3.63) is 23.8 Å². The van der Waals surface area contributed by atoms with Crippen LogP contribution in [0.3, 0.4) is 0 Å². The van der Waals surface area contributed by atoms with Gasteiger partial charge in [-0.15, -0.1) is 0 Å². The monoisotopic (exact) mass is 284 g/mol. The second-order valence-electron chi connectivity index (χ2n) is 3.56. The van der Waals surface area contributed by atoms with E-state index in [0.717, 1.165) is 12.5 Å². The smallest absolute Gasteiger partial charge is 0.300 e. The third-order valence-electron chi connectivity index (χ3n) is 2.10.